The first kappa shape index (κ1) is 28.3. The summed E-state index contributed by atoms with van der Waals surface area (Å²) in [6.07, 6.45) is 1.78. The van der Waals surface area contributed by atoms with E-state index in [1.165, 1.54) is 0 Å². The van der Waals surface area contributed by atoms with Crippen molar-refractivity contribution >= 4 is 11.8 Å². The number of carbonyl (C=O) groups excluding carboxylic acids is 2. The molecular weight excluding hydrogens is 442 g/mol. The predicted molar refractivity (Wildman–Crippen MR) is 139 cm³/mol. The van der Waals surface area contributed by atoms with Crippen LogP contribution in [0.4, 0.5) is 0 Å². The van der Waals surface area contributed by atoms with Crippen molar-refractivity contribution in [2.75, 3.05) is 26.7 Å². The number of ether oxygens (including phenoxy) is 1. The highest BCUT2D eigenvalue weighted by Crippen LogP contribution is 2.13. The van der Waals surface area contributed by atoms with Crippen LogP contribution in [0.15, 0.2) is 54.6 Å². The number of aliphatic hydroxyl groups is 1. The first-order valence-corrected chi connectivity index (χ1v) is 12.6. The fourth-order valence-corrected chi connectivity index (χ4v) is 4.00. The summed E-state index contributed by atoms with van der Waals surface area (Å²) in [6.45, 7) is 6.39. The molecular formula is C28H41N3O4. The van der Waals surface area contributed by atoms with E-state index in [0.717, 1.165) is 29.7 Å². The van der Waals surface area contributed by atoms with E-state index in [1.54, 1.807) is 7.11 Å². The molecule has 0 unspecified atom stereocenters. The molecule has 0 bridgehead atoms. The number of nitrogens with zero attached hydrogens (tertiary/aromatic N) is 1. The minimum atomic E-state index is -0.794. The Bertz CT molecular complexity index is 885. The van der Waals surface area contributed by atoms with Crippen LogP contribution >= 0.6 is 0 Å². The SMILES string of the molecule is CCCN(CCC)C(=O)CCC(=O)N[C@@H](Cc1ccccc1)[C@H](O)CNCc1cccc(OC)c1. The number of hydrogen-bond donors (Lipinski definition) is 3. The largest absolute Gasteiger partial charge is 0.497 e. The molecule has 0 spiro atoms. The number of methoxy groups -OCH3 is 1. The van der Waals surface area contributed by atoms with E-state index in [4.69, 9.17) is 4.74 Å². The van der Waals surface area contributed by atoms with Crippen LogP contribution in [0, 0.1) is 0 Å². The predicted octanol–water partition coefficient (Wildman–Crippen LogP) is 3.30. The van der Waals surface area contributed by atoms with E-state index in [0.29, 0.717) is 32.6 Å². The summed E-state index contributed by atoms with van der Waals surface area (Å²) < 4.78 is 5.26. The van der Waals surface area contributed by atoms with Crippen LogP contribution < -0.4 is 15.4 Å². The van der Waals surface area contributed by atoms with Crippen LogP contribution in [0.25, 0.3) is 0 Å². The molecule has 0 saturated heterocycles. The van der Waals surface area contributed by atoms with Gasteiger partial charge >= 0.3 is 0 Å². The Hall–Kier alpha value is -2.90. The van der Waals surface area contributed by atoms with Crippen LogP contribution in [0.1, 0.15) is 50.7 Å². The van der Waals surface area contributed by atoms with Crippen molar-refractivity contribution in [3.63, 3.8) is 0 Å². The van der Waals surface area contributed by atoms with Gasteiger partial charge in [0, 0.05) is 39.0 Å². The van der Waals surface area contributed by atoms with Gasteiger partial charge < -0.3 is 25.4 Å². The van der Waals surface area contributed by atoms with Crippen LogP contribution in [-0.2, 0) is 22.6 Å². The number of rotatable bonds is 16. The molecule has 35 heavy (non-hydrogen) atoms. The van der Waals surface area contributed by atoms with Crippen molar-refractivity contribution in [1.29, 1.82) is 0 Å². The van der Waals surface area contributed by atoms with Gasteiger partial charge in [-0.3, -0.25) is 9.59 Å². The molecule has 0 radical (unpaired) electrons. The Morgan fingerprint density at radius 1 is 0.971 bits per heavy atom. The minimum Gasteiger partial charge on any atom is -0.497 e. The molecule has 0 heterocycles. The Kier molecular flexibility index (Phi) is 12.9. The van der Waals surface area contributed by atoms with E-state index in [9.17, 15) is 14.7 Å². The zero-order valence-corrected chi connectivity index (χ0v) is 21.3. The zero-order chi connectivity index (χ0) is 25.5. The molecule has 2 aromatic carbocycles. The van der Waals surface area contributed by atoms with E-state index >= 15 is 0 Å². The highest BCUT2D eigenvalue weighted by atomic mass is 16.5. The molecule has 7 heteroatoms. The van der Waals surface area contributed by atoms with Crippen molar-refractivity contribution in [1.82, 2.24) is 15.5 Å². The van der Waals surface area contributed by atoms with Crippen LogP contribution in [0.5, 0.6) is 5.75 Å². The summed E-state index contributed by atoms with van der Waals surface area (Å²) in [5.74, 6) is 0.563. The quantitative estimate of drug-likeness (QED) is 0.341. The lowest BCUT2D eigenvalue weighted by atomic mass is 10.0. The number of amides is 2. The van der Waals surface area contributed by atoms with E-state index in [2.05, 4.69) is 10.6 Å². The molecule has 2 amide bonds. The Morgan fingerprint density at radius 3 is 2.31 bits per heavy atom. The molecule has 0 aliphatic heterocycles. The summed E-state index contributed by atoms with van der Waals surface area (Å²) in [6, 6.07) is 17.0. The monoisotopic (exact) mass is 483 g/mol. The van der Waals surface area contributed by atoms with Crippen LogP contribution in [0.3, 0.4) is 0 Å². The smallest absolute Gasteiger partial charge is 0.223 e. The maximum atomic E-state index is 12.7. The van der Waals surface area contributed by atoms with Crippen molar-refractivity contribution in [2.45, 2.75) is 64.6 Å². The molecule has 2 aromatic rings. The molecule has 3 N–H and O–H groups in total. The van der Waals surface area contributed by atoms with E-state index in [-0.39, 0.29) is 24.7 Å². The maximum absolute atomic E-state index is 12.7. The molecule has 2 rings (SSSR count). The van der Waals surface area contributed by atoms with Crippen LogP contribution in [0.2, 0.25) is 0 Å². The Morgan fingerprint density at radius 2 is 1.66 bits per heavy atom. The van der Waals surface area contributed by atoms with Gasteiger partial charge in [0.25, 0.3) is 0 Å². The van der Waals surface area contributed by atoms with E-state index < -0.39 is 12.1 Å². The molecule has 7 nitrogen and oxygen atoms in total. The maximum Gasteiger partial charge on any atom is 0.223 e. The fourth-order valence-electron chi connectivity index (χ4n) is 4.00. The van der Waals surface area contributed by atoms with Gasteiger partial charge in [0.1, 0.15) is 5.75 Å². The molecule has 0 fully saturated rings. The second-order valence-corrected chi connectivity index (χ2v) is 8.79. The highest BCUT2D eigenvalue weighted by Gasteiger charge is 2.22. The molecule has 2 atom stereocenters. The number of carbonyl (C=O) groups is 2. The highest BCUT2D eigenvalue weighted by molar-refractivity contribution is 5.84. The average molecular weight is 484 g/mol. The third-order valence-corrected chi connectivity index (χ3v) is 5.83. The van der Waals surface area contributed by atoms with Gasteiger partial charge in [-0.05, 0) is 42.5 Å². The molecule has 0 aliphatic carbocycles. The van der Waals surface area contributed by atoms with Crippen LogP contribution in [-0.4, -0.2) is 60.7 Å². The van der Waals surface area contributed by atoms with Crippen molar-refractivity contribution < 1.29 is 19.4 Å². The number of benzene rings is 2. The molecule has 0 saturated carbocycles. The topological polar surface area (TPSA) is 90.9 Å². The Balaban J connectivity index is 1.94. The van der Waals surface area contributed by atoms with Gasteiger partial charge in [-0.25, -0.2) is 0 Å². The number of aliphatic hydroxyl groups excluding tert-OH is 1. The molecule has 0 aromatic heterocycles. The lowest BCUT2D eigenvalue weighted by Gasteiger charge is -2.25. The molecule has 192 valence electrons. The van der Waals surface area contributed by atoms with Gasteiger partial charge in [0.05, 0.1) is 19.3 Å². The van der Waals surface area contributed by atoms with E-state index in [1.807, 2.05) is 73.3 Å². The van der Waals surface area contributed by atoms with Crippen molar-refractivity contribution in [2.24, 2.45) is 0 Å². The summed E-state index contributed by atoms with van der Waals surface area (Å²) >= 11 is 0. The number of nitrogens with one attached hydrogen (secondary N) is 2. The normalized spacial score (nSPS) is 12.6. The summed E-state index contributed by atoms with van der Waals surface area (Å²) in [5.41, 5.74) is 2.07. The van der Waals surface area contributed by atoms with Crippen molar-refractivity contribution in [3.05, 3.63) is 65.7 Å². The second kappa shape index (κ2) is 15.9. The fraction of sp³-hybridized carbons (Fsp3) is 0.500. The molecule has 0 aliphatic rings. The van der Waals surface area contributed by atoms with Gasteiger partial charge in [-0.15, -0.1) is 0 Å². The average Bonchev–Trinajstić information content (AvgIpc) is 2.87. The zero-order valence-electron chi connectivity index (χ0n) is 21.3. The minimum absolute atomic E-state index is 0.00367. The van der Waals surface area contributed by atoms with Crippen molar-refractivity contribution in [3.8, 4) is 5.75 Å². The summed E-state index contributed by atoms with van der Waals surface area (Å²) in [5, 5.41) is 17.2. The van der Waals surface area contributed by atoms with Gasteiger partial charge in [0.2, 0.25) is 11.8 Å². The summed E-state index contributed by atoms with van der Waals surface area (Å²) in [4.78, 5) is 27.1. The lowest BCUT2D eigenvalue weighted by molar-refractivity contribution is -0.134. The standard InChI is InChI=1S/C28H41N3O4/c1-4-16-31(17-5-2)28(34)15-14-27(33)30-25(19-22-10-7-6-8-11-22)26(32)21-29-20-23-12-9-13-24(18-23)35-3/h6-13,18,25-26,29,32H,4-5,14-17,19-21H2,1-3H3,(H,30,33)/t25-,26+/m0/s1. The third-order valence-electron chi connectivity index (χ3n) is 5.83. The first-order chi connectivity index (χ1) is 17.0. The Labute approximate surface area is 209 Å². The van der Waals surface area contributed by atoms with Gasteiger partial charge in [-0.2, -0.15) is 0 Å². The lowest BCUT2D eigenvalue weighted by Crippen LogP contribution is -2.48. The van der Waals surface area contributed by atoms with Gasteiger partial charge in [0.15, 0.2) is 0 Å². The second-order valence-electron chi connectivity index (χ2n) is 8.79. The summed E-state index contributed by atoms with van der Waals surface area (Å²) in [7, 11) is 1.63. The third kappa shape index (κ3) is 10.5. The number of hydrogen-bond acceptors (Lipinski definition) is 5. The van der Waals surface area contributed by atoms with Gasteiger partial charge in [-0.1, -0.05) is 56.3 Å². The first-order valence-electron chi connectivity index (χ1n) is 12.6.